The summed E-state index contributed by atoms with van der Waals surface area (Å²) < 4.78 is 0. The Morgan fingerprint density at radius 2 is 1.67 bits per heavy atom. The predicted molar refractivity (Wildman–Crippen MR) is 91.5 cm³/mol. The fourth-order valence-electron chi connectivity index (χ4n) is 2.24. The topological polar surface area (TPSA) is 42.0 Å². The second kappa shape index (κ2) is 12.7. The highest BCUT2D eigenvalue weighted by molar-refractivity contribution is 7.80. The minimum atomic E-state index is 0.134. The van der Waals surface area contributed by atoms with Crippen molar-refractivity contribution in [2.75, 3.05) is 5.75 Å². The number of aromatic nitrogens is 1. The van der Waals surface area contributed by atoms with Crippen LogP contribution in [0.25, 0.3) is 0 Å². The zero-order valence-electron chi connectivity index (χ0n) is 12.9. The van der Waals surface area contributed by atoms with E-state index in [0.29, 0.717) is 13.0 Å². The minimum Gasteiger partial charge on any atom is -0.350 e. The summed E-state index contributed by atoms with van der Waals surface area (Å²) in [4.78, 5) is 15.9. The van der Waals surface area contributed by atoms with Crippen LogP contribution in [-0.2, 0) is 11.3 Å². The van der Waals surface area contributed by atoms with Crippen LogP contribution in [0, 0.1) is 0 Å². The fraction of sp³-hybridized carbons (Fsp3) is 0.647. The molecule has 0 saturated carbocycles. The molecule has 0 aliphatic heterocycles. The van der Waals surface area contributed by atoms with Gasteiger partial charge in [-0.15, -0.1) is 0 Å². The summed E-state index contributed by atoms with van der Waals surface area (Å²) in [7, 11) is 0. The van der Waals surface area contributed by atoms with Crippen LogP contribution in [0.5, 0.6) is 0 Å². The number of pyridine rings is 1. The van der Waals surface area contributed by atoms with E-state index in [9.17, 15) is 4.79 Å². The molecule has 21 heavy (non-hydrogen) atoms. The van der Waals surface area contributed by atoms with E-state index >= 15 is 0 Å². The van der Waals surface area contributed by atoms with E-state index in [1.165, 1.54) is 38.5 Å². The molecule has 0 atom stereocenters. The molecule has 0 radical (unpaired) electrons. The fourth-order valence-corrected chi connectivity index (χ4v) is 2.46. The highest BCUT2D eigenvalue weighted by Gasteiger charge is 2.01. The van der Waals surface area contributed by atoms with Gasteiger partial charge >= 0.3 is 0 Å². The van der Waals surface area contributed by atoms with Crippen LogP contribution >= 0.6 is 12.6 Å². The average Bonchev–Trinajstić information content (AvgIpc) is 2.52. The third-order valence-electron chi connectivity index (χ3n) is 3.50. The first kappa shape index (κ1) is 18.0. The Morgan fingerprint density at radius 1 is 1.00 bits per heavy atom. The lowest BCUT2D eigenvalue weighted by atomic mass is 10.1. The summed E-state index contributed by atoms with van der Waals surface area (Å²) in [6.45, 7) is 0.533. The minimum absolute atomic E-state index is 0.134. The van der Waals surface area contributed by atoms with Gasteiger partial charge in [-0.05, 0) is 30.7 Å². The molecule has 1 heterocycles. The molecule has 1 aromatic rings. The van der Waals surface area contributed by atoms with E-state index in [1.807, 2.05) is 18.2 Å². The molecule has 0 fully saturated rings. The van der Waals surface area contributed by atoms with Gasteiger partial charge in [0.15, 0.2) is 0 Å². The quantitative estimate of drug-likeness (QED) is 0.450. The monoisotopic (exact) mass is 308 g/mol. The normalized spacial score (nSPS) is 10.5. The molecule has 1 amide bonds. The van der Waals surface area contributed by atoms with Crippen molar-refractivity contribution in [3.63, 3.8) is 0 Å². The Bertz CT molecular complexity index is 370. The largest absolute Gasteiger partial charge is 0.350 e. The highest BCUT2D eigenvalue weighted by Crippen LogP contribution is 2.10. The van der Waals surface area contributed by atoms with Gasteiger partial charge in [-0.1, -0.05) is 44.6 Å². The van der Waals surface area contributed by atoms with Crippen LogP contribution in [0.1, 0.15) is 63.5 Å². The summed E-state index contributed by atoms with van der Waals surface area (Å²) in [6.07, 6.45) is 12.2. The molecular weight excluding hydrogens is 280 g/mol. The van der Waals surface area contributed by atoms with Crippen molar-refractivity contribution in [1.29, 1.82) is 0 Å². The van der Waals surface area contributed by atoms with Gasteiger partial charge in [0, 0.05) is 12.6 Å². The van der Waals surface area contributed by atoms with Crippen LogP contribution in [0.3, 0.4) is 0 Å². The van der Waals surface area contributed by atoms with Gasteiger partial charge in [-0.25, -0.2) is 0 Å². The molecule has 1 rings (SSSR count). The lowest BCUT2D eigenvalue weighted by molar-refractivity contribution is -0.121. The Hall–Kier alpha value is -1.03. The Kier molecular flexibility index (Phi) is 10.9. The van der Waals surface area contributed by atoms with Crippen molar-refractivity contribution < 1.29 is 4.79 Å². The SMILES string of the molecule is O=C(CCCCCCCCCCS)NCc1ccccn1. The number of unbranched alkanes of at least 4 members (excludes halogenated alkanes) is 7. The van der Waals surface area contributed by atoms with Crippen LogP contribution in [0.15, 0.2) is 24.4 Å². The van der Waals surface area contributed by atoms with Gasteiger partial charge < -0.3 is 5.32 Å². The number of carbonyl (C=O) groups is 1. The van der Waals surface area contributed by atoms with Crippen molar-refractivity contribution in [1.82, 2.24) is 10.3 Å². The molecule has 0 bridgehead atoms. The first-order valence-corrected chi connectivity index (χ1v) is 8.73. The predicted octanol–water partition coefficient (Wildman–Crippen LogP) is 4.14. The molecule has 0 aromatic carbocycles. The lowest BCUT2D eigenvalue weighted by Gasteiger charge is -2.05. The molecule has 0 aliphatic rings. The highest BCUT2D eigenvalue weighted by atomic mass is 32.1. The van der Waals surface area contributed by atoms with Crippen LogP contribution in [0.4, 0.5) is 0 Å². The second-order valence-electron chi connectivity index (χ2n) is 5.40. The van der Waals surface area contributed by atoms with Gasteiger partial charge in [0.05, 0.1) is 12.2 Å². The van der Waals surface area contributed by atoms with E-state index in [1.54, 1.807) is 6.20 Å². The molecule has 1 N–H and O–H groups in total. The van der Waals surface area contributed by atoms with Crippen LogP contribution in [-0.4, -0.2) is 16.6 Å². The Balaban J connectivity index is 1.89. The third kappa shape index (κ3) is 10.4. The molecular formula is C17H28N2OS. The number of nitrogens with one attached hydrogen (secondary N) is 1. The maximum Gasteiger partial charge on any atom is 0.220 e. The summed E-state index contributed by atoms with van der Waals surface area (Å²) in [5.74, 6) is 1.14. The van der Waals surface area contributed by atoms with E-state index in [2.05, 4.69) is 22.9 Å². The lowest BCUT2D eigenvalue weighted by Crippen LogP contribution is -2.22. The number of nitrogens with zero attached hydrogens (tertiary/aromatic N) is 1. The van der Waals surface area contributed by atoms with Gasteiger partial charge in [0.25, 0.3) is 0 Å². The number of carbonyl (C=O) groups excluding carboxylic acids is 1. The van der Waals surface area contributed by atoms with Crippen molar-refractivity contribution in [3.8, 4) is 0 Å². The number of hydrogen-bond donors (Lipinski definition) is 2. The zero-order valence-corrected chi connectivity index (χ0v) is 13.8. The molecule has 0 aliphatic carbocycles. The third-order valence-corrected chi connectivity index (χ3v) is 3.82. The summed E-state index contributed by atoms with van der Waals surface area (Å²) in [6, 6.07) is 5.74. The Morgan fingerprint density at radius 3 is 2.29 bits per heavy atom. The first-order valence-electron chi connectivity index (χ1n) is 8.10. The average molecular weight is 308 g/mol. The molecule has 0 unspecified atom stereocenters. The Labute approximate surface area is 134 Å². The van der Waals surface area contributed by atoms with Gasteiger partial charge in [0.2, 0.25) is 5.91 Å². The summed E-state index contributed by atoms with van der Waals surface area (Å²) in [5, 5.41) is 2.92. The van der Waals surface area contributed by atoms with Crippen molar-refractivity contribution in [2.24, 2.45) is 0 Å². The molecule has 3 nitrogen and oxygen atoms in total. The van der Waals surface area contributed by atoms with Gasteiger partial charge in [0.1, 0.15) is 0 Å². The van der Waals surface area contributed by atoms with Gasteiger partial charge in [-0.3, -0.25) is 9.78 Å². The summed E-state index contributed by atoms with van der Waals surface area (Å²) in [5.41, 5.74) is 0.909. The van der Waals surface area contributed by atoms with E-state index < -0.39 is 0 Å². The van der Waals surface area contributed by atoms with E-state index in [-0.39, 0.29) is 5.91 Å². The number of hydrogen-bond acceptors (Lipinski definition) is 3. The maximum absolute atomic E-state index is 11.7. The van der Waals surface area contributed by atoms with Crippen molar-refractivity contribution in [2.45, 2.75) is 64.3 Å². The van der Waals surface area contributed by atoms with Gasteiger partial charge in [-0.2, -0.15) is 12.6 Å². The van der Waals surface area contributed by atoms with Crippen LogP contribution < -0.4 is 5.32 Å². The van der Waals surface area contributed by atoms with E-state index in [4.69, 9.17) is 0 Å². The molecule has 118 valence electrons. The standard InChI is InChI=1S/C17H28N2OS/c20-17(19-15-16-11-8-9-13-18-16)12-7-5-3-1-2-4-6-10-14-21/h8-9,11,13,21H,1-7,10,12,14-15H2,(H,19,20). The second-order valence-corrected chi connectivity index (χ2v) is 5.85. The number of amides is 1. The van der Waals surface area contributed by atoms with Crippen molar-refractivity contribution in [3.05, 3.63) is 30.1 Å². The smallest absolute Gasteiger partial charge is 0.220 e. The van der Waals surface area contributed by atoms with Crippen molar-refractivity contribution >= 4 is 18.5 Å². The maximum atomic E-state index is 11.7. The molecule has 0 saturated heterocycles. The molecule has 4 heteroatoms. The first-order chi connectivity index (χ1) is 10.3. The van der Waals surface area contributed by atoms with Crippen LogP contribution in [0.2, 0.25) is 0 Å². The number of thiol groups is 1. The summed E-state index contributed by atoms with van der Waals surface area (Å²) >= 11 is 4.21. The zero-order chi connectivity index (χ0) is 15.2. The molecule has 1 aromatic heterocycles. The van der Waals surface area contributed by atoms with E-state index in [0.717, 1.165) is 24.3 Å². The molecule has 0 spiro atoms. The number of rotatable bonds is 12.